The van der Waals surface area contributed by atoms with Crippen molar-refractivity contribution in [3.63, 3.8) is 0 Å². The molecule has 1 aliphatic rings. The van der Waals surface area contributed by atoms with Crippen LogP contribution in [0.3, 0.4) is 0 Å². The van der Waals surface area contributed by atoms with E-state index >= 15 is 0 Å². The van der Waals surface area contributed by atoms with Gasteiger partial charge in [-0.1, -0.05) is 6.92 Å². The number of piperidine rings is 1. The Morgan fingerprint density at radius 2 is 2.13 bits per heavy atom. The lowest BCUT2D eigenvalue weighted by Crippen LogP contribution is -2.45. The summed E-state index contributed by atoms with van der Waals surface area (Å²) in [6.07, 6.45) is -1.50. The molecule has 1 saturated heterocycles. The molecule has 1 unspecified atom stereocenters. The fraction of sp³-hybridized carbons (Fsp3) is 0.400. The maximum absolute atomic E-state index is 13.4. The second-order valence-electron chi connectivity index (χ2n) is 7.20. The number of benzene rings is 1. The van der Waals surface area contributed by atoms with E-state index in [1.165, 1.54) is 23.2 Å². The molecule has 3 rings (SSSR count). The van der Waals surface area contributed by atoms with Gasteiger partial charge in [-0.3, -0.25) is 9.59 Å². The summed E-state index contributed by atoms with van der Waals surface area (Å²) < 4.78 is 44.0. The number of anilines is 1. The van der Waals surface area contributed by atoms with E-state index in [1.54, 1.807) is 0 Å². The Morgan fingerprint density at radius 1 is 1.37 bits per heavy atom. The first-order valence-corrected chi connectivity index (χ1v) is 10.1. The lowest BCUT2D eigenvalue weighted by atomic mass is 9.79. The maximum atomic E-state index is 13.4. The summed E-state index contributed by atoms with van der Waals surface area (Å²) in [6.45, 7) is 2.38. The molecule has 158 valence electrons. The standard InChI is InChI=1S/C20H19F3N4O2S/c1-2-19(11-24)5-3-7-27(12-19)18(29)13-8-14(20(21,22)23)10-15(9-13)26-17(28)16-4-6-25-30-16/h4,6,8-10H,2-3,5,7,12H2,1H3,(H,26,28). The number of carbonyl (C=O) groups is 2. The number of amides is 2. The Kier molecular flexibility index (Phi) is 6.12. The molecule has 2 heterocycles. The monoisotopic (exact) mass is 436 g/mol. The molecule has 0 aliphatic carbocycles. The summed E-state index contributed by atoms with van der Waals surface area (Å²) in [5.41, 5.74) is -2.05. The van der Waals surface area contributed by atoms with Crippen molar-refractivity contribution in [2.24, 2.45) is 5.41 Å². The number of nitrogens with one attached hydrogen (secondary N) is 1. The van der Waals surface area contributed by atoms with Crippen LogP contribution in [0.4, 0.5) is 18.9 Å². The normalized spacial score (nSPS) is 19.2. The Morgan fingerprint density at radius 3 is 2.73 bits per heavy atom. The first-order valence-electron chi connectivity index (χ1n) is 9.32. The van der Waals surface area contributed by atoms with Crippen LogP contribution in [0, 0.1) is 16.7 Å². The lowest BCUT2D eigenvalue weighted by molar-refractivity contribution is -0.137. The first-order chi connectivity index (χ1) is 14.2. The fourth-order valence-electron chi connectivity index (χ4n) is 3.46. The molecule has 2 aromatic rings. The fourth-order valence-corrected chi connectivity index (χ4v) is 3.95. The van der Waals surface area contributed by atoms with Crippen molar-refractivity contribution in [2.45, 2.75) is 32.4 Å². The van der Waals surface area contributed by atoms with Crippen molar-refractivity contribution in [1.29, 1.82) is 5.26 Å². The van der Waals surface area contributed by atoms with Crippen LogP contribution in [0.1, 0.15) is 51.8 Å². The minimum absolute atomic E-state index is 0.134. The zero-order valence-corrected chi connectivity index (χ0v) is 16.9. The molecule has 30 heavy (non-hydrogen) atoms. The number of nitriles is 1. The Bertz CT molecular complexity index is 985. The van der Waals surface area contributed by atoms with Crippen LogP contribution in [0.15, 0.2) is 30.5 Å². The quantitative estimate of drug-likeness (QED) is 0.761. The maximum Gasteiger partial charge on any atom is 0.416 e. The van der Waals surface area contributed by atoms with Gasteiger partial charge in [0.05, 0.1) is 17.0 Å². The second kappa shape index (κ2) is 8.44. The van der Waals surface area contributed by atoms with E-state index in [1.807, 2.05) is 6.92 Å². The van der Waals surface area contributed by atoms with Gasteiger partial charge in [-0.05, 0) is 55.1 Å². The summed E-state index contributed by atoms with van der Waals surface area (Å²) in [7, 11) is 0. The number of aromatic nitrogens is 1. The Balaban J connectivity index is 1.92. The summed E-state index contributed by atoms with van der Waals surface area (Å²) in [5, 5.41) is 11.9. The van der Waals surface area contributed by atoms with E-state index in [-0.39, 0.29) is 22.7 Å². The number of carbonyl (C=O) groups excluding carboxylic acids is 2. The van der Waals surface area contributed by atoms with Crippen LogP contribution >= 0.6 is 11.5 Å². The third-order valence-electron chi connectivity index (χ3n) is 5.20. The van der Waals surface area contributed by atoms with Gasteiger partial charge >= 0.3 is 6.18 Å². The molecule has 1 aromatic heterocycles. The van der Waals surface area contributed by atoms with E-state index in [0.29, 0.717) is 25.8 Å². The highest BCUT2D eigenvalue weighted by Gasteiger charge is 2.37. The zero-order chi connectivity index (χ0) is 21.9. The topological polar surface area (TPSA) is 86.1 Å². The largest absolute Gasteiger partial charge is 0.416 e. The molecule has 10 heteroatoms. The molecule has 0 radical (unpaired) electrons. The zero-order valence-electron chi connectivity index (χ0n) is 16.1. The van der Waals surface area contributed by atoms with Crippen LogP contribution in [-0.2, 0) is 6.18 Å². The highest BCUT2D eigenvalue weighted by atomic mass is 32.1. The van der Waals surface area contributed by atoms with Gasteiger partial charge in [0.1, 0.15) is 4.88 Å². The van der Waals surface area contributed by atoms with E-state index in [4.69, 9.17) is 0 Å². The van der Waals surface area contributed by atoms with Crippen molar-refractivity contribution in [3.05, 3.63) is 46.5 Å². The molecule has 2 amide bonds. The van der Waals surface area contributed by atoms with Gasteiger partial charge in [0.25, 0.3) is 11.8 Å². The molecular formula is C20H19F3N4O2S. The van der Waals surface area contributed by atoms with Gasteiger partial charge < -0.3 is 10.2 Å². The second-order valence-corrected chi connectivity index (χ2v) is 8.04. The van der Waals surface area contributed by atoms with Gasteiger partial charge in [0.15, 0.2) is 0 Å². The Hall–Kier alpha value is -2.93. The average Bonchev–Trinajstić information content (AvgIpc) is 3.27. The number of nitrogens with zero attached hydrogens (tertiary/aromatic N) is 3. The Labute approximate surface area is 175 Å². The molecule has 0 bridgehead atoms. The third kappa shape index (κ3) is 4.62. The van der Waals surface area contributed by atoms with Crippen LogP contribution in [0.2, 0.25) is 0 Å². The van der Waals surface area contributed by atoms with Gasteiger partial charge in [-0.15, -0.1) is 0 Å². The highest BCUT2D eigenvalue weighted by molar-refractivity contribution is 7.08. The van der Waals surface area contributed by atoms with Crippen molar-refractivity contribution in [2.75, 3.05) is 18.4 Å². The number of halogens is 3. The van der Waals surface area contributed by atoms with E-state index in [2.05, 4.69) is 15.8 Å². The SMILES string of the molecule is CCC1(C#N)CCCN(C(=O)c2cc(NC(=O)c3ccns3)cc(C(F)(F)F)c2)C1. The van der Waals surface area contributed by atoms with E-state index < -0.39 is 29.0 Å². The first kappa shape index (κ1) is 21.8. The van der Waals surface area contributed by atoms with Gasteiger partial charge in [-0.25, -0.2) is 4.37 Å². The molecule has 1 aromatic carbocycles. The van der Waals surface area contributed by atoms with E-state index in [0.717, 1.165) is 23.7 Å². The van der Waals surface area contributed by atoms with E-state index in [9.17, 15) is 28.0 Å². The predicted octanol–water partition coefficient (Wildman–Crippen LogP) is 4.57. The van der Waals surface area contributed by atoms with Crippen molar-refractivity contribution >= 4 is 29.0 Å². The minimum atomic E-state index is -4.69. The molecule has 1 fully saturated rings. The molecule has 0 spiro atoms. The summed E-state index contributed by atoms with van der Waals surface area (Å²) in [5.74, 6) is -1.20. The van der Waals surface area contributed by atoms with Crippen LogP contribution in [0.5, 0.6) is 0 Å². The number of hydrogen-bond acceptors (Lipinski definition) is 5. The number of rotatable bonds is 4. The van der Waals surface area contributed by atoms with Gasteiger partial charge in [0.2, 0.25) is 0 Å². The number of alkyl halides is 3. The molecule has 1 atom stereocenters. The van der Waals surface area contributed by atoms with Crippen LogP contribution in [-0.4, -0.2) is 34.2 Å². The van der Waals surface area contributed by atoms with Gasteiger partial charge in [0, 0.05) is 30.5 Å². The average molecular weight is 436 g/mol. The van der Waals surface area contributed by atoms with Crippen molar-refractivity contribution in [3.8, 4) is 6.07 Å². The molecular weight excluding hydrogens is 417 g/mol. The minimum Gasteiger partial charge on any atom is -0.337 e. The number of hydrogen-bond donors (Lipinski definition) is 1. The predicted molar refractivity (Wildman–Crippen MR) is 105 cm³/mol. The highest BCUT2D eigenvalue weighted by Crippen LogP contribution is 2.35. The molecule has 6 nitrogen and oxygen atoms in total. The van der Waals surface area contributed by atoms with Crippen LogP contribution < -0.4 is 5.32 Å². The van der Waals surface area contributed by atoms with Crippen molar-refractivity contribution < 1.29 is 22.8 Å². The lowest BCUT2D eigenvalue weighted by Gasteiger charge is -2.38. The molecule has 1 aliphatic heterocycles. The summed E-state index contributed by atoms with van der Waals surface area (Å²) >= 11 is 0.908. The van der Waals surface area contributed by atoms with Crippen molar-refractivity contribution in [1.82, 2.24) is 9.27 Å². The number of likely N-dealkylation sites (tertiary alicyclic amines) is 1. The smallest absolute Gasteiger partial charge is 0.337 e. The molecule has 1 N–H and O–H groups in total. The molecule has 0 saturated carbocycles. The van der Waals surface area contributed by atoms with Gasteiger partial charge in [-0.2, -0.15) is 18.4 Å². The summed E-state index contributed by atoms with van der Waals surface area (Å²) in [4.78, 5) is 26.9. The third-order valence-corrected chi connectivity index (χ3v) is 5.95. The van der Waals surface area contributed by atoms with Crippen LogP contribution in [0.25, 0.3) is 0 Å². The summed E-state index contributed by atoms with van der Waals surface area (Å²) in [6, 6.07) is 6.49.